The highest BCUT2D eigenvalue weighted by atomic mass is 32.2. The van der Waals surface area contributed by atoms with Crippen LogP contribution in [0, 0.1) is 10.1 Å². The zero-order valence-corrected chi connectivity index (χ0v) is 17.7. The van der Waals surface area contributed by atoms with Crippen molar-refractivity contribution in [3.8, 4) is 11.5 Å². The lowest BCUT2D eigenvalue weighted by Crippen LogP contribution is -2.30. The van der Waals surface area contributed by atoms with Gasteiger partial charge in [0, 0.05) is 18.2 Å². The van der Waals surface area contributed by atoms with Crippen LogP contribution in [0.2, 0.25) is 0 Å². The predicted molar refractivity (Wildman–Crippen MR) is 116 cm³/mol. The van der Waals surface area contributed by atoms with E-state index in [4.69, 9.17) is 4.74 Å². The standard InChI is InChI=1S/C22H20N2O6S/c1-3-23(18-7-5-4-6-8-18)31(28,29)20-13-14-22(21(15-20)24(26)27)30-19-11-9-17(10-12-19)16(2)25/h4-15H,3H2,1-2H3. The van der Waals surface area contributed by atoms with E-state index in [1.165, 1.54) is 35.5 Å². The molecule has 0 saturated carbocycles. The van der Waals surface area contributed by atoms with E-state index in [1.54, 1.807) is 49.4 Å². The maximum absolute atomic E-state index is 13.1. The molecule has 3 rings (SSSR count). The van der Waals surface area contributed by atoms with Crippen molar-refractivity contribution in [2.45, 2.75) is 18.7 Å². The number of ketones is 1. The average Bonchev–Trinajstić information content (AvgIpc) is 2.75. The van der Waals surface area contributed by atoms with Crippen molar-refractivity contribution < 1.29 is 22.9 Å². The third kappa shape index (κ3) is 4.72. The minimum absolute atomic E-state index is 0.109. The van der Waals surface area contributed by atoms with Gasteiger partial charge in [0.05, 0.1) is 15.5 Å². The molecule has 0 radical (unpaired) electrons. The first kappa shape index (κ1) is 22.0. The van der Waals surface area contributed by atoms with E-state index >= 15 is 0 Å². The van der Waals surface area contributed by atoms with E-state index in [9.17, 15) is 23.3 Å². The van der Waals surface area contributed by atoms with Gasteiger partial charge < -0.3 is 4.74 Å². The van der Waals surface area contributed by atoms with Gasteiger partial charge in [-0.25, -0.2) is 8.42 Å². The molecule has 0 bridgehead atoms. The van der Waals surface area contributed by atoms with Crippen LogP contribution < -0.4 is 9.04 Å². The topological polar surface area (TPSA) is 107 Å². The second kappa shape index (κ2) is 8.97. The summed E-state index contributed by atoms with van der Waals surface area (Å²) >= 11 is 0. The Balaban J connectivity index is 1.98. The summed E-state index contributed by atoms with van der Waals surface area (Å²) in [4.78, 5) is 22.1. The van der Waals surface area contributed by atoms with E-state index in [0.29, 0.717) is 11.3 Å². The molecule has 3 aromatic rings. The second-order valence-corrected chi connectivity index (χ2v) is 8.44. The maximum Gasteiger partial charge on any atom is 0.312 e. The third-order valence-electron chi connectivity index (χ3n) is 4.54. The Bertz CT molecular complexity index is 1210. The first-order chi connectivity index (χ1) is 14.7. The molecule has 8 nitrogen and oxygen atoms in total. The number of carbonyl (C=O) groups excluding carboxylic acids is 1. The minimum Gasteiger partial charge on any atom is -0.450 e. The fraction of sp³-hybridized carbons (Fsp3) is 0.136. The summed E-state index contributed by atoms with van der Waals surface area (Å²) < 4.78 is 33.0. The van der Waals surface area contributed by atoms with Crippen molar-refractivity contribution in [3.05, 3.63) is 88.5 Å². The van der Waals surface area contributed by atoms with Crippen molar-refractivity contribution in [2.24, 2.45) is 0 Å². The summed E-state index contributed by atoms with van der Waals surface area (Å²) in [6.45, 7) is 3.26. The molecular weight excluding hydrogens is 420 g/mol. The number of carbonyl (C=O) groups is 1. The van der Waals surface area contributed by atoms with Crippen molar-refractivity contribution in [2.75, 3.05) is 10.8 Å². The normalized spacial score (nSPS) is 11.0. The molecule has 31 heavy (non-hydrogen) atoms. The van der Waals surface area contributed by atoms with E-state index < -0.39 is 20.6 Å². The van der Waals surface area contributed by atoms with Gasteiger partial charge in [0.25, 0.3) is 10.0 Å². The molecule has 0 unspecified atom stereocenters. The molecule has 160 valence electrons. The number of nitrogens with zero attached hydrogens (tertiary/aromatic N) is 2. The highest BCUT2D eigenvalue weighted by Crippen LogP contribution is 2.35. The highest BCUT2D eigenvalue weighted by Gasteiger charge is 2.27. The molecule has 0 N–H and O–H groups in total. The summed E-state index contributed by atoms with van der Waals surface area (Å²) in [6, 6.07) is 18.1. The lowest BCUT2D eigenvalue weighted by Gasteiger charge is -2.23. The summed E-state index contributed by atoms with van der Waals surface area (Å²) in [6.07, 6.45) is 0. The van der Waals surface area contributed by atoms with E-state index in [-0.39, 0.29) is 28.7 Å². The fourth-order valence-electron chi connectivity index (χ4n) is 2.98. The van der Waals surface area contributed by atoms with E-state index in [0.717, 1.165) is 6.07 Å². The summed E-state index contributed by atoms with van der Waals surface area (Å²) in [5, 5.41) is 11.6. The van der Waals surface area contributed by atoms with Gasteiger partial charge in [-0.05, 0) is 62.4 Å². The van der Waals surface area contributed by atoms with Gasteiger partial charge in [0.2, 0.25) is 5.75 Å². The Hall–Kier alpha value is -3.72. The zero-order valence-electron chi connectivity index (χ0n) is 16.9. The number of nitro benzene ring substituents is 1. The number of nitro groups is 1. The number of anilines is 1. The van der Waals surface area contributed by atoms with Crippen molar-refractivity contribution in [1.29, 1.82) is 0 Å². The van der Waals surface area contributed by atoms with Crippen LogP contribution in [0.25, 0.3) is 0 Å². The van der Waals surface area contributed by atoms with Gasteiger partial charge in [-0.3, -0.25) is 19.2 Å². The van der Waals surface area contributed by atoms with Crippen molar-refractivity contribution >= 4 is 27.2 Å². The predicted octanol–water partition coefficient (Wildman–Crippen LogP) is 4.80. The van der Waals surface area contributed by atoms with Gasteiger partial charge in [0.15, 0.2) is 5.78 Å². The smallest absolute Gasteiger partial charge is 0.312 e. The van der Waals surface area contributed by atoms with E-state index in [1.807, 2.05) is 0 Å². The number of benzene rings is 3. The van der Waals surface area contributed by atoms with Crippen LogP contribution in [-0.2, 0) is 10.0 Å². The molecule has 0 heterocycles. The number of hydrogen-bond donors (Lipinski definition) is 0. The summed E-state index contributed by atoms with van der Waals surface area (Å²) in [5.41, 5.74) is 0.447. The Morgan fingerprint density at radius 2 is 1.68 bits per heavy atom. The molecule has 0 atom stereocenters. The van der Waals surface area contributed by atoms with Crippen LogP contribution in [0.15, 0.2) is 77.7 Å². The molecular formula is C22H20N2O6S. The third-order valence-corrected chi connectivity index (χ3v) is 6.43. The quantitative estimate of drug-likeness (QED) is 0.283. The van der Waals surface area contributed by atoms with Crippen LogP contribution in [0.4, 0.5) is 11.4 Å². The lowest BCUT2D eigenvalue weighted by molar-refractivity contribution is -0.385. The van der Waals surface area contributed by atoms with E-state index in [2.05, 4.69) is 0 Å². The van der Waals surface area contributed by atoms with Crippen LogP contribution in [-0.4, -0.2) is 25.7 Å². The van der Waals surface area contributed by atoms with Gasteiger partial charge in [0.1, 0.15) is 5.75 Å². The SMILES string of the molecule is CCN(c1ccccc1)S(=O)(=O)c1ccc(Oc2ccc(C(C)=O)cc2)c([N+](=O)[O-])c1. The second-order valence-electron chi connectivity index (χ2n) is 6.57. The molecule has 0 spiro atoms. The van der Waals surface area contributed by atoms with Gasteiger partial charge in [-0.2, -0.15) is 0 Å². The largest absolute Gasteiger partial charge is 0.450 e. The molecule has 0 aliphatic heterocycles. The van der Waals surface area contributed by atoms with Gasteiger partial charge in [-0.1, -0.05) is 18.2 Å². The monoisotopic (exact) mass is 440 g/mol. The maximum atomic E-state index is 13.1. The van der Waals surface area contributed by atoms with Gasteiger partial charge >= 0.3 is 5.69 Å². The number of Topliss-reactive ketones (excluding diaryl/α,β-unsaturated/α-hetero) is 1. The molecule has 3 aromatic carbocycles. The van der Waals surface area contributed by atoms with Crippen LogP contribution in [0.3, 0.4) is 0 Å². The van der Waals surface area contributed by atoms with Crippen LogP contribution in [0.5, 0.6) is 11.5 Å². The Morgan fingerprint density at radius 3 is 2.23 bits per heavy atom. The van der Waals surface area contributed by atoms with Gasteiger partial charge in [-0.15, -0.1) is 0 Å². The molecule has 0 aliphatic rings. The fourth-order valence-corrected chi connectivity index (χ4v) is 4.48. The molecule has 0 fully saturated rings. The van der Waals surface area contributed by atoms with Crippen molar-refractivity contribution in [3.63, 3.8) is 0 Å². The minimum atomic E-state index is -4.03. The first-order valence-electron chi connectivity index (χ1n) is 9.39. The average molecular weight is 440 g/mol. The molecule has 0 aromatic heterocycles. The Kier molecular flexibility index (Phi) is 6.36. The summed E-state index contributed by atoms with van der Waals surface area (Å²) in [5.74, 6) is 0.0523. The highest BCUT2D eigenvalue weighted by molar-refractivity contribution is 7.92. The number of hydrogen-bond acceptors (Lipinski definition) is 6. The zero-order chi connectivity index (χ0) is 22.6. The summed E-state index contributed by atoms with van der Waals surface area (Å²) in [7, 11) is -4.03. The Labute approximate surface area is 179 Å². The number of para-hydroxylation sites is 1. The molecule has 0 saturated heterocycles. The number of sulfonamides is 1. The van der Waals surface area contributed by atoms with Crippen molar-refractivity contribution in [1.82, 2.24) is 0 Å². The first-order valence-corrected chi connectivity index (χ1v) is 10.8. The lowest BCUT2D eigenvalue weighted by atomic mass is 10.1. The van der Waals surface area contributed by atoms with Crippen LogP contribution >= 0.6 is 0 Å². The van der Waals surface area contributed by atoms with Crippen LogP contribution in [0.1, 0.15) is 24.2 Å². The molecule has 0 amide bonds. The molecule has 0 aliphatic carbocycles. The molecule has 9 heteroatoms. The number of rotatable bonds is 8. The number of ether oxygens (including phenoxy) is 1. The Morgan fingerprint density at radius 1 is 1.03 bits per heavy atom.